The molecular formula is C21H14FN3O4S. The molecule has 0 aliphatic rings. The second-order valence-electron chi connectivity index (χ2n) is 6.22. The van der Waals surface area contributed by atoms with E-state index in [1.54, 1.807) is 48.5 Å². The normalized spacial score (nSPS) is 10.9. The maximum absolute atomic E-state index is 13.5. The Bertz CT molecular complexity index is 1340. The second-order valence-corrected chi connectivity index (χ2v) is 7.23. The van der Waals surface area contributed by atoms with Crippen LogP contribution in [-0.4, -0.2) is 21.6 Å². The van der Waals surface area contributed by atoms with Gasteiger partial charge in [-0.1, -0.05) is 18.2 Å². The van der Waals surface area contributed by atoms with Crippen molar-refractivity contribution in [3.8, 4) is 11.4 Å². The summed E-state index contributed by atoms with van der Waals surface area (Å²) >= 11 is 0.918. The summed E-state index contributed by atoms with van der Waals surface area (Å²) in [6, 6.07) is 17.0. The number of nitrogens with zero attached hydrogens (tertiary/aromatic N) is 3. The van der Waals surface area contributed by atoms with E-state index in [1.165, 1.54) is 17.7 Å². The largest absolute Gasteiger partial charge is 0.497 e. The van der Waals surface area contributed by atoms with Gasteiger partial charge in [0.1, 0.15) is 11.6 Å². The minimum atomic E-state index is -0.720. The molecule has 0 aliphatic carbocycles. The molecule has 1 heterocycles. The minimum absolute atomic E-state index is 0.167. The average Bonchev–Trinajstić information content (AvgIpc) is 2.75. The van der Waals surface area contributed by atoms with Gasteiger partial charge in [-0.2, -0.15) is 0 Å². The summed E-state index contributed by atoms with van der Waals surface area (Å²) in [5.41, 5.74) is 0.208. The Morgan fingerprint density at radius 1 is 1.10 bits per heavy atom. The van der Waals surface area contributed by atoms with Gasteiger partial charge in [-0.3, -0.25) is 19.5 Å². The SMILES string of the molecule is COc1cccc(-n2c(Sc3ccc(F)cc3[N+](=O)[O-])nc3ccccc3c2=O)c1. The number of benzene rings is 3. The summed E-state index contributed by atoms with van der Waals surface area (Å²) in [5, 5.41) is 12.0. The van der Waals surface area contributed by atoms with Gasteiger partial charge in [-0.15, -0.1) is 0 Å². The van der Waals surface area contributed by atoms with Gasteiger partial charge in [0.2, 0.25) is 0 Å². The lowest BCUT2D eigenvalue weighted by Gasteiger charge is -2.14. The first-order valence-corrected chi connectivity index (χ1v) is 9.57. The molecule has 4 aromatic rings. The van der Waals surface area contributed by atoms with Gasteiger partial charge in [0.25, 0.3) is 11.2 Å². The number of nitro benzene ring substituents is 1. The molecule has 30 heavy (non-hydrogen) atoms. The van der Waals surface area contributed by atoms with Gasteiger partial charge in [0.15, 0.2) is 5.16 Å². The molecule has 7 nitrogen and oxygen atoms in total. The Morgan fingerprint density at radius 3 is 2.67 bits per heavy atom. The number of hydrogen-bond acceptors (Lipinski definition) is 6. The fourth-order valence-electron chi connectivity index (χ4n) is 2.98. The third-order valence-electron chi connectivity index (χ3n) is 4.38. The lowest BCUT2D eigenvalue weighted by Crippen LogP contribution is -2.21. The zero-order valence-electron chi connectivity index (χ0n) is 15.6. The van der Waals surface area contributed by atoms with Crippen LogP contribution in [0.4, 0.5) is 10.1 Å². The standard InChI is InChI=1S/C21H14FN3O4S/c1-29-15-6-4-5-14(12-15)24-20(26)16-7-2-3-8-17(16)23-21(24)30-19-10-9-13(22)11-18(19)25(27)28/h2-12H,1H3. The van der Waals surface area contributed by atoms with Crippen LogP contribution in [0.2, 0.25) is 0 Å². The van der Waals surface area contributed by atoms with Gasteiger partial charge >= 0.3 is 0 Å². The van der Waals surface area contributed by atoms with Crippen LogP contribution in [0.15, 0.2) is 81.6 Å². The summed E-state index contributed by atoms with van der Waals surface area (Å²) < 4.78 is 20.2. The van der Waals surface area contributed by atoms with Crippen LogP contribution in [-0.2, 0) is 0 Å². The van der Waals surface area contributed by atoms with E-state index in [4.69, 9.17) is 4.74 Å². The van der Waals surface area contributed by atoms with Crippen LogP contribution in [0.5, 0.6) is 5.75 Å². The van der Waals surface area contributed by atoms with Crippen molar-refractivity contribution in [3.63, 3.8) is 0 Å². The monoisotopic (exact) mass is 423 g/mol. The van der Waals surface area contributed by atoms with Crippen LogP contribution in [0.3, 0.4) is 0 Å². The lowest BCUT2D eigenvalue weighted by atomic mass is 10.2. The predicted octanol–water partition coefficient (Wildman–Crippen LogP) is 4.59. The molecule has 0 bridgehead atoms. The smallest absolute Gasteiger partial charge is 0.286 e. The molecular weight excluding hydrogens is 409 g/mol. The first kappa shape index (κ1) is 19.6. The molecule has 0 atom stereocenters. The van der Waals surface area contributed by atoms with E-state index in [0.717, 1.165) is 23.9 Å². The van der Waals surface area contributed by atoms with Crippen molar-refractivity contribution in [2.45, 2.75) is 10.1 Å². The number of aromatic nitrogens is 2. The minimum Gasteiger partial charge on any atom is -0.497 e. The summed E-state index contributed by atoms with van der Waals surface area (Å²) in [6.07, 6.45) is 0. The number of para-hydroxylation sites is 1. The highest BCUT2D eigenvalue weighted by atomic mass is 32.2. The van der Waals surface area contributed by atoms with E-state index in [-0.39, 0.29) is 15.6 Å². The van der Waals surface area contributed by atoms with E-state index in [1.807, 2.05) is 0 Å². The van der Waals surface area contributed by atoms with E-state index in [0.29, 0.717) is 22.3 Å². The van der Waals surface area contributed by atoms with Gasteiger partial charge in [-0.05, 0) is 48.2 Å². The number of fused-ring (bicyclic) bond motifs is 1. The van der Waals surface area contributed by atoms with E-state index < -0.39 is 16.4 Å². The van der Waals surface area contributed by atoms with Gasteiger partial charge in [-0.25, -0.2) is 9.37 Å². The second kappa shape index (κ2) is 7.96. The highest BCUT2D eigenvalue weighted by Gasteiger charge is 2.20. The number of hydrogen-bond donors (Lipinski definition) is 0. The molecule has 0 aliphatic heterocycles. The highest BCUT2D eigenvalue weighted by Crippen LogP contribution is 2.35. The molecule has 0 spiro atoms. The Morgan fingerprint density at radius 2 is 1.90 bits per heavy atom. The van der Waals surface area contributed by atoms with Crippen molar-refractivity contribution in [3.05, 3.63) is 93.0 Å². The maximum atomic E-state index is 13.5. The fraction of sp³-hybridized carbons (Fsp3) is 0.0476. The zero-order chi connectivity index (χ0) is 21.3. The van der Waals surface area contributed by atoms with Crippen LogP contribution in [0, 0.1) is 15.9 Å². The number of nitro groups is 1. The zero-order valence-corrected chi connectivity index (χ0v) is 16.4. The van der Waals surface area contributed by atoms with Crippen molar-refractivity contribution in [1.29, 1.82) is 0 Å². The molecule has 9 heteroatoms. The Hall–Kier alpha value is -3.72. The Kier molecular flexibility index (Phi) is 5.20. The van der Waals surface area contributed by atoms with E-state index in [2.05, 4.69) is 4.98 Å². The van der Waals surface area contributed by atoms with Crippen molar-refractivity contribution < 1.29 is 14.1 Å². The molecule has 3 aromatic carbocycles. The lowest BCUT2D eigenvalue weighted by molar-refractivity contribution is -0.387. The van der Waals surface area contributed by atoms with Gasteiger partial charge in [0, 0.05) is 6.07 Å². The molecule has 1 aromatic heterocycles. The van der Waals surface area contributed by atoms with Gasteiger partial charge in [0.05, 0.1) is 39.6 Å². The Labute approximate surface area is 173 Å². The quantitative estimate of drug-likeness (QED) is 0.265. The molecule has 0 saturated heterocycles. The maximum Gasteiger partial charge on any atom is 0.286 e. The molecule has 0 saturated carbocycles. The summed E-state index contributed by atoms with van der Waals surface area (Å²) in [6.45, 7) is 0. The molecule has 4 rings (SSSR count). The first-order valence-electron chi connectivity index (χ1n) is 8.76. The van der Waals surface area contributed by atoms with E-state index in [9.17, 15) is 19.3 Å². The predicted molar refractivity (Wildman–Crippen MR) is 111 cm³/mol. The summed E-state index contributed by atoms with van der Waals surface area (Å²) in [5.74, 6) is -0.182. The van der Waals surface area contributed by atoms with Gasteiger partial charge < -0.3 is 4.74 Å². The molecule has 0 N–H and O–H groups in total. The van der Waals surface area contributed by atoms with Crippen LogP contribution in [0.25, 0.3) is 16.6 Å². The molecule has 150 valence electrons. The van der Waals surface area contributed by atoms with Crippen LogP contribution >= 0.6 is 11.8 Å². The highest BCUT2D eigenvalue weighted by molar-refractivity contribution is 7.99. The fourth-order valence-corrected chi connectivity index (χ4v) is 3.97. The third kappa shape index (κ3) is 3.62. The molecule has 0 unspecified atom stereocenters. The Balaban J connectivity index is 1.97. The topological polar surface area (TPSA) is 87.3 Å². The molecule has 0 radical (unpaired) electrons. The van der Waals surface area contributed by atoms with E-state index >= 15 is 0 Å². The number of rotatable bonds is 5. The van der Waals surface area contributed by atoms with Crippen molar-refractivity contribution in [2.24, 2.45) is 0 Å². The van der Waals surface area contributed by atoms with Crippen LogP contribution < -0.4 is 10.3 Å². The first-order chi connectivity index (χ1) is 14.5. The molecule has 0 amide bonds. The third-order valence-corrected chi connectivity index (χ3v) is 5.40. The molecule has 0 fully saturated rings. The number of methoxy groups -OCH3 is 1. The van der Waals surface area contributed by atoms with Crippen molar-refractivity contribution in [1.82, 2.24) is 9.55 Å². The number of ether oxygens (including phenoxy) is 1. The number of halogens is 1. The average molecular weight is 423 g/mol. The van der Waals surface area contributed by atoms with Crippen LogP contribution in [0.1, 0.15) is 0 Å². The summed E-state index contributed by atoms with van der Waals surface area (Å²) in [4.78, 5) is 28.7. The van der Waals surface area contributed by atoms with Crippen molar-refractivity contribution >= 4 is 28.4 Å². The summed E-state index contributed by atoms with van der Waals surface area (Å²) in [7, 11) is 1.51. The van der Waals surface area contributed by atoms with Crippen molar-refractivity contribution in [2.75, 3.05) is 7.11 Å².